The van der Waals surface area contributed by atoms with Crippen LogP contribution in [-0.2, 0) is 0 Å². The summed E-state index contributed by atoms with van der Waals surface area (Å²) in [7, 11) is 0. The topological polar surface area (TPSA) is 56.2 Å². The van der Waals surface area contributed by atoms with Gasteiger partial charge >= 0.3 is 0 Å². The van der Waals surface area contributed by atoms with Crippen molar-refractivity contribution in [3.8, 4) is 11.1 Å². The van der Waals surface area contributed by atoms with Gasteiger partial charge in [-0.25, -0.2) is 14.1 Å². The molecule has 3 aromatic rings. The van der Waals surface area contributed by atoms with Crippen molar-refractivity contribution in [2.75, 3.05) is 5.73 Å². The number of aromatic nitrogens is 2. The van der Waals surface area contributed by atoms with E-state index in [9.17, 15) is 4.39 Å². The molecule has 0 spiro atoms. The summed E-state index contributed by atoms with van der Waals surface area (Å²) < 4.78 is 15.0. The van der Waals surface area contributed by atoms with E-state index in [1.807, 2.05) is 31.2 Å². The van der Waals surface area contributed by atoms with Crippen LogP contribution in [0.3, 0.4) is 0 Å². The van der Waals surface area contributed by atoms with E-state index in [0.29, 0.717) is 5.95 Å². The smallest absolute Gasteiger partial charge is 0.221 e. The molecular formula is C17H14ClFN4. The number of anilines is 1. The number of imidazole rings is 1. The van der Waals surface area contributed by atoms with Crippen LogP contribution in [0.4, 0.5) is 10.3 Å². The standard InChI is InChI=1S/C17H14ClFN4/c1-11-10-23(17(20)22-11)21-9-12-2-4-13(5-3-12)14-6-7-15(18)16(19)8-14/h2-10H,1H3,(H2,20,22). The summed E-state index contributed by atoms with van der Waals surface area (Å²) in [6.45, 7) is 1.85. The quantitative estimate of drug-likeness (QED) is 0.735. The predicted octanol–water partition coefficient (Wildman–Crippen LogP) is 4.12. The molecule has 0 atom stereocenters. The fourth-order valence-electron chi connectivity index (χ4n) is 2.16. The summed E-state index contributed by atoms with van der Waals surface area (Å²) in [4.78, 5) is 4.07. The van der Waals surface area contributed by atoms with E-state index in [0.717, 1.165) is 22.4 Å². The molecule has 116 valence electrons. The van der Waals surface area contributed by atoms with Crippen LogP contribution in [-0.4, -0.2) is 15.9 Å². The van der Waals surface area contributed by atoms with Gasteiger partial charge in [-0.3, -0.25) is 0 Å². The normalized spacial score (nSPS) is 11.3. The molecule has 2 aromatic carbocycles. The van der Waals surface area contributed by atoms with Crippen LogP contribution in [0.1, 0.15) is 11.3 Å². The van der Waals surface area contributed by atoms with Gasteiger partial charge in [-0.05, 0) is 35.7 Å². The molecule has 0 aliphatic carbocycles. The highest BCUT2D eigenvalue weighted by Crippen LogP contribution is 2.24. The van der Waals surface area contributed by atoms with E-state index in [4.69, 9.17) is 17.3 Å². The highest BCUT2D eigenvalue weighted by atomic mass is 35.5. The molecule has 1 aromatic heterocycles. The number of nitrogens with two attached hydrogens (primary N) is 1. The first-order chi connectivity index (χ1) is 11.0. The SMILES string of the molecule is Cc1cn(N=Cc2ccc(-c3ccc(Cl)c(F)c3)cc2)c(N)n1. The molecule has 0 amide bonds. The maximum absolute atomic E-state index is 13.5. The highest BCUT2D eigenvalue weighted by molar-refractivity contribution is 6.30. The van der Waals surface area contributed by atoms with Gasteiger partial charge in [-0.1, -0.05) is 41.9 Å². The molecule has 0 radical (unpaired) electrons. The fourth-order valence-corrected chi connectivity index (χ4v) is 2.28. The van der Waals surface area contributed by atoms with Crippen LogP contribution >= 0.6 is 11.6 Å². The summed E-state index contributed by atoms with van der Waals surface area (Å²) in [6.07, 6.45) is 3.43. The second kappa shape index (κ2) is 6.22. The number of hydrogen-bond donors (Lipinski definition) is 1. The lowest BCUT2D eigenvalue weighted by Gasteiger charge is -2.03. The first kappa shape index (κ1) is 15.2. The van der Waals surface area contributed by atoms with Crippen molar-refractivity contribution in [1.29, 1.82) is 0 Å². The van der Waals surface area contributed by atoms with Crippen molar-refractivity contribution in [3.63, 3.8) is 0 Å². The van der Waals surface area contributed by atoms with Crippen molar-refractivity contribution < 1.29 is 4.39 Å². The lowest BCUT2D eigenvalue weighted by atomic mass is 10.0. The van der Waals surface area contributed by atoms with E-state index in [1.165, 1.54) is 10.7 Å². The van der Waals surface area contributed by atoms with Gasteiger partial charge in [0.15, 0.2) is 0 Å². The number of hydrogen-bond acceptors (Lipinski definition) is 3. The van der Waals surface area contributed by atoms with E-state index in [2.05, 4.69) is 10.1 Å². The molecule has 0 aliphatic heterocycles. The second-order valence-electron chi connectivity index (χ2n) is 5.08. The third-order valence-electron chi connectivity index (χ3n) is 3.33. The molecule has 1 heterocycles. The Morgan fingerprint density at radius 1 is 1.17 bits per heavy atom. The second-order valence-corrected chi connectivity index (χ2v) is 5.49. The minimum atomic E-state index is -0.430. The number of benzene rings is 2. The van der Waals surface area contributed by atoms with Gasteiger partial charge < -0.3 is 5.73 Å². The van der Waals surface area contributed by atoms with E-state index >= 15 is 0 Å². The number of aryl methyl sites for hydroxylation is 1. The Hall–Kier alpha value is -2.66. The van der Waals surface area contributed by atoms with E-state index in [1.54, 1.807) is 24.5 Å². The zero-order valence-electron chi connectivity index (χ0n) is 12.4. The Bertz CT molecular complexity index is 869. The first-order valence-electron chi connectivity index (χ1n) is 6.94. The minimum Gasteiger partial charge on any atom is -0.368 e. The fraction of sp³-hybridized carbons (Fsp3) is 0.0588. The molecular weight excluding hydrogens is 315 g/mol. The Morgan fingerprint density at radius 2 is 1.87 bits per heavy atom. The molecule has 0 unspecified atom stereocenters. The molecule has 0 bridgehead atoms. The van der Waals surface area contributed by atoms with Crippen molar-refractivity contribution in [2.45, 2.75) is 6.92 Å². The van der Waals surface area contributed by atoms with Gasteiger partial charge in [0.2, 0.25) is 5.95 Å². The molecule has 3 rings (SSSR count). The number of nitrogen functional groups attached to an aromatic ring is 1. The number of nitrogens with zero attached hydrogens (tertiary/aromatic N) is 3. The summed E-state index contributed by atoms with van der Waals surface area (Å²) in [6, 6.07) is 12.3. The molecule has 0 saturated heterocycles. The zero-order chi connectivity index (χ0) is 16.4. The van der Waals surface area contributed by atoms with Crippen LogP contribution in [0.25, 0.3) is 11.1 Å². The van der Waals surface area contributed by atoms with Gasteiger partial charge in [0.1, 0.15) is 5.82 Å². The molecule has 6 heteroatoms. The molecule has 0 saturated carbocycles. The largest absolute Gasteiger partial charge is 0.368 e. The van der Waals surface area contributed by atoms with Crippen molar-refractivity contribution in [1.82, 2.24) is 9.66 Å². The number of rotatable bonds is 3. The van der Waals surface area contributed by atoms with Gasteiger partial charge in [0, 0.05) is 0 Å². The van der Waals surface area contributed by atoms with E-state index in [-0.39, 0.29) is 5.02 Å². The average Bonchev–Trinajstić information content (AvgIpc) is 2.86. The highest BCUT2D eigenvalue weighted by Gasteiger charge is 2.03. The monoisotopic (exact) mass is 328 g/mol. The Labute approximate surface area is 138 Å². The lowest BCUT2D eigenvalue weighted by molar-refractivity contribution is 0.629. The van der Waals surface area contributed by atoms with Gasteiger partial charge in [0.25, 0.3) is 0 Å². The minimum absolute atomic E-state index is 0.116. The van der Waals surface area contributed by atoms with Crippen LogP contribution in [0, 0.1) is 12.7 Å². The van der Waals surface area contributed by atoms with Gasteiger partial charge in [-0.15, -0.1) is 0 Å². The molecule has 23 heavy (non-hydrogen) atoms. The maximum Gasteiger partial charge on any atom is 0.221 e. The predicted molar refractivity (Wildman–Crippen MR) is 91.2 cm³/mol. The van der Waals surface area contributed by atoms with Crippen LogP contribution < -0.4 is 5.73 Å². The van der Waals surface area contributed by atoms with Crippen molar-refractivity contribution in [2.24, 2.45) is 5.10 Å². The summed E-state index contributed by atoms with van der Waals surface area (Å²) in [5.41, 5.74) is 9.09. The van der Waals surface area contributed by atoms with Crippen molar-refractivity contribution in [3.05, 3.63) is 70.8 Å². The molecule has 0 aliphatic rings. The first-order valence-corrected chi connectivity index (χ1v) is 7.32. The maximum atomic E-state index is 13.5. The summed E-state index contributed by atoms with van der Waals surface area (Å²) >= 11 is 5.70. The summed E-state index contributed by atoms with van der Waals surface area (Å²) in [5, 5.41) is 4.37. The average molecular weight is 329 g/mol. The van der Waals surface area contributed by atoms with Gasteiger partial charge in [-0.2, -0.15) is 5.10 Å². The third kappa shape index (κ3) is 3.40. The Kier molecular flexibility index (Phi) is 4.12. The number of halogens is 2. The molecule has 0 fully saturated rings. The summed E-state index contributed by atoms with van der Waals surface area (Å²) in [5.74, 6) is -0.0900. The third-order valence-corrected chi connectivity index (χ3v) is 3.64. The van der Waals surface area contributed by atoms with Crippen LogP contribution in [0.5, 0.6) is 0 Å². The van der Waals surface area contributed by atoms with E-state index < -0.39 is 5.82 Å². The Balaban J connectivity index is 1.81. The zero-order valence-corrected chi connectivity index (χ0v) is 13.1. The Morgan fingerprint density at radius 3 is 2.48 bits per heavy atom. The lowest BCUT2D eigenvalue weighted by Crippen LogP contribution is -1.96. The van der Waals surface area contributed by atoms with Crippen LogP contribution in [0.15, 0.2) is 53.8 Å². The molecule has 4 nitrogen and oxygen atoms in total. The van der Waals surface area contributed by atoms with Crippen molar-refractivity contribution >= 4 is 23.8 Å². The van der Waals surface area contributed by atoms with Crippen LogP contribution in [0.2, 0.25) is 5.02 Å². The molecule has 2 N–H and O–H groups in total. The van der Waals surface area contributed by atoms with Gasteiger partial charge in [0.05, 0.1) is 23.1 Å².